The van der Waals surface area contributed by atoms with Gasteiger partial charge in [-0.3, -0.25) is 14.9 Å². The molecule has 6 nitrogen and oxygen atoms in total. The van der Waals surface area contributed by atoms with Crippen LogP contribution in [0.15, 0.2) is 56.8 Å². The van der Waals surface area contributed by atoms with Gasteiger partial charge in [-0.1, -0.05) is 0 Å². The predicted octanol–water partition coefficient (Wildman–Crippen LogP) is 6.15. The molecule has 1 heterocycles. The number of thiophene rings is 1. The number of amides is 1. The Kier molecular flexibility index (Phi) is 6.42. The highest BCUT2D eigenvalue weighted by molar-refractivity contribution is 9.11. The van der Waals surface area contributed by atoms with Crippen LogP contribution in [0.5, 0.6) is 5.75 Å². The normalized spacial score (nSPS) is 10.5. The average Bonchev–Trinajstić information content (AvgIpc) is 3.12. The number of nitro groups is 1. The summed E-state index contributed by atoms with van der Waals surface area (Å²) in [6, 6.07) is 9.97. The van der Waals surface area contributed by atoms with E-state index in [1.807, 2.05) is 0 Å². The second-order valence-corrected chi connectivity index (χ2v) is 8.18. The number of carbonyl (C=O) groups is 1. The molecule has 0 aliphatic carbocycles. The van der Waals surface area contributed by atoms with Gasteiger partial charge in [-0.25, -0.2) is 4.39 Å². The summed E-state index contributed by atoms with van der Waals surface area (Å²) in [5.41, 5.74) is 1.20. The molecule has 1 N–H and O–H groups in total. The standard InChI is InChI=1S/C18H11Br2FN2O4S/c19-14-6-11(21)7-15(20)17(14)22-18(24)16-5-10(9-28-16)8-27-13-3-1-12(2-4-13)23(25)26/h1-7,9H,8H2,(H,22,24). The Bertz CT molecular complexity index is 1020. The van der Waals surface area contributed by atoms with Crippen LogP contribution in [0.2, 0.25) is 0 Å². The quantitative estimate of drug-likeness (QED) is 0.306. The second-order valence-electron chi connectivity index (χ2n) is 5.56. The number of nitrogens with one attached hydrogen (secondary N) is 1. The van der Waals surface area contributed by atoms with Crippen LogP contribution in [-0.2, 0) is 6.61 Å². The summed E-state index contributed by atoms with van der Waals surface area (Å²) in [4.78, 5) is 23.1. The molecule has 0 saturated carbocycles. The van der Waals surface area contributed by atoms with E-state index in [4.69, 9.17) is 4.74 Å². The zero-order valence-electron chi connectivity index (χ0n) is 13.9. The van der Waals surface area contributed by atoms with Gasteiger partial charge in [0.05, 0.1) is 15.5 Å². The number of carbonyl (C=O) groups excluding carboxylic acids is 1. The number of hydrogen-bond acceptors (Lipinski definition) is 5. The molecule has 0 fully saturated rings. The highest BCUT2D eigenvalue weighted by Crippen LogP contribution is 2.32. The Hall–Kier alpha value is -2.30. The van der Waals surface area contributed by atoms with E-state index in [2.05, 4.69) is 37.2 Å². The molecule has 144 valence electrons. The highest BCUT2D eigenvalue weighted by atomic mass is 79.9. The van der Waals surface area contributed by atoms with Crippen molar-refractivity contribution in [3.8, 4) is 5.75 Å². The number of anilines is 1. The van der Waals surface area contributed by atoms with Gasteiger partial charge in [-0.15, -0.1) is 11.3 Å². The zero-order chi connectivity index (χ0) is 20.3. The number of rotatable bonds is 6. The molecular weight excluding hydrogens is 519 g/mol. The number of benzene rings is 2. The molecule has 1 amide bonds. The molecule has 0 atom stereocenters. The third-order valence-electron chi connectivity index (χ3n) is 3.58. The molecular formula is C18H11Br2FN2O4S. The van der Waals surface area contributed by atoms with Gasteiger partial charge in [-0.05, 0) is 67.6 Å². The van der Waals surface area contributed by atoms with Gasteiger partial charge in [0.2, 0.25) is 0 Å². The van der Waals surface area contributed by atoms with E-state index < -0.39 is 10.7 Å². The number of nitro benzene ring substituents is 1. The first-order chi connectivity index (χ1) is 13.3. The minimum Gasteiger partial charge on any atom is -0.489 e. The minimum absolute atomic E-state index is 0.0139. The fraction of sp³-hybridized carbons (Fsp3) is 0.0556. The van der Waals surface area contributed by atoms with Crippen molar-refractivity contribution in [1.29, 1.82) is 0 Å². The third-order valence-corrected chi connectivity index (χ3v) is 5.80. The van der Waals surface area contributed by atoms with Crippen LogP contribution in [0, 0.1) is 15.9 Å². The van der Waals surface area contributed by atoms with E-state index in [0.717, 1.165) is 5.56 Å². The number of non-ortho nitro benzene ring substituents is 1. The van der Waals surface area contributed by atoms with Gasteiger partial charge < -0.3 is 10.1 Å². The fourth-order valence-corrected chi connectivity index (χ4v) is 4.36. The molecule has 0 radical (unpaired) electrons. The maximum absolute atomic E-state index is 13.3. The molecule has 10 heteroatoms. The van der Waals surface area contributed by atoms with Gasteiger partial charge >= 0.3 is 0 Å². The lowest BCUT2D eigenvalue weighted by molar-refractivity contribution is -0.384. The van der Waals surface area contributed by atoms with E-state index in [1.165, 1.54) is 47.7 Å². The number of ether oxygens (including phenoxy) is 1. The maximum atomic E-state index is 13.3. The summed E-state index contributed by atoms with van der Waals surface area (Å²) >= 11 is 7.70. The van der Waals surface area contributed by atoms with Crippen LogP contribution >= 0.6 is 43.2 Å². The van der Waals surface area contributed by atoms with Crippen LogP contribution < -0.4 is 10.1 Å². The van der Waals surface area contributed by atoms with E-state index in [1.54, 1.807) is 11.4 Å². The van der Waals surface area contributed by atoms with Crippen molar-refractivity contribution in [2.24, 2.45) is 0 Å². The minimum atomic E-state index is -0.481. The van der Waals surface area contributed by atoms with E-state index in [9.17, 15) is 19.3 Å². The monoisotopic (exact) mass is 528 g/mol. The average molecular weight is 530 g/mol. The van der Waals surface area contributed by atoms with Crippen molar-refractivity contribution in [1.82, 2.24) is 0 Å². The van der Waals surface area contributed by atoms with Gasteiger partial charge in [0.15, 0.2) is 0 Å². The fourth-order valence-electron chi connectivity index (χ4n) is 2.24. The second kappa shape index (κ2) is 8.80. The molecule has 0 aliphatic rings. The van der Waals surface area contributed by atoms with Gasteiger partial charge in [-0.2, -0.15) is 0 Å². The summed E-state index contributed by atoms with van der Waals surface area (Å²) in [7, 11) is 0. The van der Waals surface area contributed by atoms with Gasteiger partial charge in [0.25, 0.3) is 11.6 Å². The Balaban J connectivity index is 1.63. The first-order valence-corrected chi connectivity index (χ1v) is 10.2. The summed E-state index contributed by atoms with van der Waals surface area (Å²) in [6.07, 6.45) is 0. The molecule has 0 bridgehead atoms. The van der Waals surface area contributed by atoms with Crippen LogP contribution in [0.3, 0.4) is 0 Å². The number of hydrogen-bond donors (Lipinski definition) is 1. The van der Waals surface area contributed by atoms with E-state index in [-0.39, 0.29) is 18.2 Å². The summed E-state index contributed by atoms with van der Waals surface area (Å²) < 4.78 is 19.8. The Morgan fingerprint density at radius 2 is 1.82 bits per heavy atom. The van der Waals surface area contributed by atoms with E-state index >= 15 is 0 Å². The Labute approximate surface area is 179 Å². The van der Waals surface area contributed by atoms with Crippen molar-refractivity contribution in [2.75, 3.05) is 5.32 Å². The largest absolute Gasteiger partial charge is 0.489 e. The lowest BCUT2D eigenvalue weighted by atomic mass is 10.3. The molecule has 0 aliphatic heterocycles. The van der Waals surface area contributed by atoms with Crippen LogP contribution in [0.4, 0.5) is 15.8 Å². The molecule has 3 rings (SSSR count). The topological polar surface area (TPSA) is 81.5 Å². The van der Waals surface area contributed by atoms with Gasteiger partial charge in [0.1, 0.15) is 18.2 Å². The molecule has 2 aromatic carbocycles. The Morgan fingerprint density at radius 1 is 1.18 bits per heavy atom. The van der Waals surface area contributed by atoms with Crippen LogP contribution in [0.1, 0.15) is 15.2 Å². The van der Waals surface area contributed by atoms with Crippen molar-refractivity contribution in [3.63, 3.8) is 0 Å². The van der Waals surface area contributed by atoms with Gasteiger partial charge in [0, 0.05) is 26.6 Å². The summed E-state index contributed by atoms with van der Waals surface area (Å²) in [5.74, 6) is -0.278. The van der Waals surface area contributed by atoms with Crippen LogP contribution in [-0.4, -0.2) is 10.8 Å². The smallest absolute Gasteiger partial charge is 0.269 e. The van der Waals surface area contributed by atoms with Crippen molar-refractivity contribution >= 4 is 60.5 Å². The Morgan fingerprint density at radius 3 is 2.43 bits per heavy atom. The van der Waals surface area contributed by atoms with Crippen molar-refractivity contribution in [3.05, 3.63) is 83.2 Å². The molecule has 0 saturated heterocycles. The number of halogens is 3. The lowest BCUT2D eigenvalue weighted by Crippen LogP contribution is -2.11. The first-order valence-electron chi connectivity index (χ1n) is 7.74. The van der Waals surface area contributed by atoms with E-state index in [0.29, 0.717) is 25.3 Å². The third kappa shape index (κ3) is 4.94. The summed E-state index contributed by atoms with van der Waals surface area (Å²) in [6.45, 7) is 0.214. The van der Waals surface area contributed by atoms with Crippen molar-refractivity contribution < 1.29 is 18.8 Å². The highest BCUT2D eigenvalue weighted by Gasteiger charge is 2.15. The SMILES string of the molecule is O=C(Nc1c(Br)cc(F)cc1Br)c1cc(COc2ccc([N+](=O)[O-])cc2)cs1. The maximum Gasteiger partial charge on any atom is 0.269 e. The summed E-state index contributed by atoms with van der Waals surface area (Å²) in [5, 5.41) is 15.2. The molecule has 0 spiro atoms. The number of nitrogens with zero attached hydrogens (tertiary/aromatic N) is 1. The predicted molar refractivity (Wildman–Crippen MR) is 112 cm³/mol. The lowest BCUT2D eigenvalue weighted by Gasteiger charge is -2.09. The molecule has 3 aromatic rings. The molecule has 1 aromatic heterocycles. The zero-order valence-corrected chi connectivity index (χ0v) is 17.9. The molecule has 28 heavy (non-hydrogen) atoms. The molecule has 0 unspecified atom stereocenters. The van der Waals surface area contributed by atoms with Crippen LogP contribution in [0.25, 0.3) is 0 Å². The van der Waals surface area contributed by atoms with Crippen molar-refractivity contribution in [2.45, 2.75) is 6.61 Å². The first kappa shape index (κ1) is 20.4.